The Balaban J connectivity index is 1.64. The predicted molar refractivity (Wildman–Crippen MR) is 115 cm³/mol. The van der Waals surface area contributed by atoms with E-state index in [0.717, 1.165) is 36.4 Å². The normalized spacial score (nSPS) is 13.9. The summed E-state index contributed by atoms with van der Waals surface area (Å²) in [4.78, 5) is 29.5. The lowest BCUT2D eigenvalue weighted by atomic mass is 10.1. The van der Waals surface area contributed by atoms with E-state index in [-0.39, 0.29) is 11.6 Å². The first-order valence-corrected chi connectivity index (χ1v) is 10.0. The molecule has 0 spiro atoms. The molecule has 1 aromatic carbocycles. The van der Waals surface area contributed by atoms with Gasteiger partial charge in [-0.2, -0.15) is 0 Å². The van der Waals surface area contributed by atoms with Crippen molar-refractivity contribution in [1.29, 1.82) is 0 Å². The molecule has 8 nitrogen and oxygen atoms in total. The SMILES string of the molecule is CCN(CC)c1ccc(NC(=O)c2ccc(N3CCN(C=O)CC3)nn2)c(C)c1. The first-order chi connectivity index (χ1) is 14.0. The van der Waals surface area contributed by atoms with Crippen LogP contribution in [0.4, 0.5) is 17.2 Å². The van der Waals surface area contributed by atoms with Crippen molar-refractivity contribution in [2.75, 3.05) is 54.4 Å². The van der Waals surface area contributed by atoms with Gasteiger partial charge in [-0.15, -0.1) is 10.2 Å². The molecule has 1 aromatic heterocycles. The molecule has 0 atom stereocenters. The molecule has 0 saturated carbocycles. The molecular weight excluding hydrogens is 368 g/mol. The van der Waals surface area contributed by atoms with Crippen LogP contribution in [0.15, 0.2) is 30.3 Å². The lowest BCUT2D eigenvalue weighted by Crippen LogP contribution is -2.46. The zero-order valence-electron chi connectivity index (χ0n) is 17.3. The van der Waals surface area contributed by atoms with Crippen molar-refractivity contribution in [2.24, 2.45) is 0 Å². The second-order valence-corrected chi connectivity index (χ2v) is 7.03. The van der Waals surface area contributed by atoms with Crippen LogP contribution in [0, 0.1) is 6.92 Å². The predicted octanol–water partition coefficient (Wildman–Crippen LogP) is 2.16. The van der Waals surface area contributed by atoms with Crippen molar-refractivity contribution in [3.63, 3.8) is 0 Å². The zero-order valence-corrected chi connectivity index (χ0v) is 17.3. The number of carbonyl (C=O) groups is 2. The molecule has 1 aliphatic heterocycles. The number of aryl methyl sites for hydroxylation is 1. The van der Waals surface area contributed by atoms with Crippen molar-refractivity contribution >= 4 is 29.5 Å². The molecule has 1 N–H and O–H groups in total. The van der Waals surface area contributed by atoms with Gasteiger partial charge in [-0.05, 0) is 56.7 Å². The minimum absolute atomic E-state index is 0.271. The first kappa shape index (κ1) is 20.6. The number of aromatic nitrogens is 2. The average molecular weight is 396 g/mol. The molecule has 29 heavy (non-hydrogen) atoms. The van der Waals surface area contributed by atoms with Gasteiger partial charge < -0.3 is 20.0 Å². The number of rotatable bonds is 7. The number of benzene rings is 1. The van der Waals surface area contributed by atoms with Crippen LogP contribution < -0.4 is 15.1 Å². The Morgan fingerprint density at radius 2 is 1.83 bits per heavy atom. The highest BCUT2D eigenvalue weighted by atomic mass is 16.2. The first-order valence-electron chi connectivity index (χ1n) is 10.0. The Bertz CT molecular complexity index is 843. The Hall–Kier alpha value is -3.16. The van der Waals surface area contributed by atoms with Gasteiger partial charge in [-0.3, -0.25) is 9.59 Å². The maximum absolute atomic E-state index is 12.6. The van der Waals surface area contributed by atoms with E-state index < -0.39 is 0 Å². The van der Waals surface area contributed by atoms with Crippen LogP contribution in [0.3, 0.4) is 0 Å². The lowest BCUT2D eigenvalue weighted by Gasteiger charge is -2.32. The maximum atomic E-state index is 12.6. The topological polar surface area (TPSA) is 81.7 Å². The maximum Gasteiger partial charge on any atom is 0.276 e. The lowest BCUT2D eigenvalue weighted by molar-refractivity contribution is -0.118. The van der Waals surface area contributed by atoms with Crippen molar-refractivity contribution in [3.05, 3.63) is 41.6 Å². The summed E-state index contributed by atoms with van der Waals surface area (Å²) in [5.41, 5.74) is 3.18. The Morgan fingerprint density at radius 3 is 2.38 bits per heavy atom. The summed E-state index contributed by atoms with van der Waals surface area (Å²) in [6, 6.07) is 9.51. The summed E-state index contributed by atoms with van der Waals surface area (Å²) in [7, 11) is 0. The number of hydrogen-bond acceptors (Lipinski definition) is 6. The molecular formula is C21H28N6O2. The monoisotopic (exact) mass is 396 g/mol. The number of anilines is 3. The fourth-order valence-electron chi connectivity index (χ4n) is 3.43. The fourth-order valence-corrected chi connectivity index (χ4v) is 3.43. The number of hydrogen-bond donors (Lipinski definition) is 1. The standard InChI is InChI=1S/C21H28N6O2/c1-4-26(5-2)17-6-7-18(16(3)14-17)22-21(29)19-8-9-20(24-23-19)27-12-10-25(15-28)11-13-27/h6-9,14-15H,4-5,10-13H2,1-3H3,(H,22,29). The second-order valence-electron chi connectivity index (χ2n) is 7.03. The summed E-state index contributed by atoms with van der Waals surface area (Å²) in [6.07, 6.45) is 0.868. The van der Waals surface area contributed by atoms with E-state index in [0.29, 0.717) is 32.0 Å². The molecule has 0 radical (unpaired) electrons. The van der Waals surface area contributed by atoms with Crippen LogP contribution in [0.2, 0.25) is 0 Å². The van der Waals surface area contributed by atoms with Crippen molar-refractivity contribution in [2.45, 2.75) is 20.8 Å². The van der Waals surface area contributed by atoms with Gasteiger partial charge in [0.2, 0.25) is 6.41 Å². The molecule has 8 heteroatoms. The van der Waals surface area contributed by atoms with E-state index >= 15 is 0 Å². The van der Waals surface area contributed by atoms with Crippen molar-refractivity contribution in [1.82, 2.24) is 15.1 Å². The van der Waals surface area contributed by atoms with E-state index in [2.05, 4.69) is 45.2 Å². The molecule has 1 aliphatic rings. The zero-order chi connectivity index (χ0) is 20.8. The Labute approximate surface area is 171 Å². The number of carbonyl (C=O) groups excluding carboxylic acids is 2. The summed E-state index contributed by atoms with van der Waals surface area (Å²) >= 11 is 0. The smallest absolute Gasteiger partial charge is 0.276 e. The van der Waals surface area contributed by atoms with Gasteiger partial charge in [0, 0.05) is 50.6 Å². The van der Waals surface area contributed by atoms with E-state index in [1.54, 1.807) is 17.0 Å². The molecule has 1 saturated heterocycles. The van der Waals surface area contributed by atoms with Gasteiger partial charge in [0.15, 0.2) is 11.5 Å². The van der Waals surface area contributed by atoms with Crippen molar-refractivity contribution in [3.8, 4) is 0 Å². The third-order valence-corrected chi connectivity index (χ3v) is 5.26. The molecule has 2 amide bonds. The van der Waals surface area contributed by atoms with Gasteiger partial charge in [0.25, 0.3) is 5.91 Å². The number of piperazine rings is 1. The van der Waals surface area contributed by atoms with Gasteiger partial charge in [-0.1, -0.05) is 0 Å². The highest BCUT2D eigenvalue weighted by molar-refractivity contribution is 6.03. The summed E-state index contributed by atoms with van der Waals surface area (Å²) in [5, 5.41) is 11.2. The number of nitrogens with zero attached hydrogens (tertiary/aromatic N) is 5. The Kier molecular flexibility index (Phi) is 6.64. The molecule has 3 rings (SSSR count). The van der Waals surface area contributed by atoms with E-state index in [1.165, 1.54) is 0 Å². The van der Waals surface area contributed by atoms with Crippen LogP contribution in [-0.4, -0.2) is 66.7 Å². The number of nitrogens with one attached hydrogen (secondary N) is 1. The number of amides is 2. The molecule has 154 valence electrons. The minimum Gasteiger partial charge on any atom is -0.372 e. The van der Waals surface area contributed by atoms with Crippen LogP contribution in [0.1, 0.15) is 29.9 Å². The third-order valence-electron chi connectivity index (χ3n) is 5.26. The van der Waals surface area contributed by atoms with Gasteiger partial charge in [0.05, 0.1) is 0 Å². The van der Waals surface area contributed by atoms with Crippen LogP contribution in [0.25, 0.3) is 0 Å². The van der Waals surface area contributed by atoms with Gasteiger partial charge in [-0.25, -0.2) is 0 Å². The molecule has 0 aliphatic carbocycles. The Morgan fingerprint density at radius 1 is 1.10 bits per heavy atom. The molecule has 2 heterocycles. The van der Waals surface area contributed by atoms with Crippen molar-refractivity contribution < 1.29 is 9.59 Å². The molecule has 0 unspecified atom stereocenters. The summed E-state index contributed by atoms with van der Waals surface area (Å²) in [5.74, 6) is 0.431. The van der Waals surface area contributed by atoms with Crippen LogP contribution in [-0.2, 0) is 4.79 Å². The van der Waals surface area contributed by atoms with E-state index in [1.807, 2.05) is 19.1 Å². The summed E-state index contributed by atoms with van der Waals surface area (Å²) in [6.45, 7) is 10.8. The fraction of sp³-hybridized carbons (Fsp3) is 0.429. The highest BCUT2D eigenvalue weighted by Crippen LogP contribution is 2.23. The van der Waals surface area contributed by atoms with E-state index in [9.17, 15) is 9.59 Å². The highest BCUT2D eigenvalue weighted by Gasteiger charge is 2.18. The third kappa shape index (κ3) is 4.82. The average Bonchev–Trinajstić information content (AvgIpc) is 2.76. The quantitative estimate of drug-likeness (QED) is 0.723. The second kappa shape index (κ2) is 9.36. The van der Waals surface area contributed by atoms with Gasteiger partial charge >= 0.3 is 0 Å². The molecule has 2 aromatic rings. The minimum atomic E-state index is -0.284. The molecule has 1 fully saturated rings. The summed E-state index contributed by atoms with van der Waals surface area (Å²) < 4.78 is 0. The van der Waals surface area contributed by atoms with Crippen LogP contribution in [0.5, 0.6) is 0 Å². The molecule has 0 bridgehead atoms. The van der Waals surface area contributed by atoms with E-state index in [4.69, 9.17) is 0 Å². The van der Waals surface area contributed by atoms with Gasteiger partial charge in [0.1, 0.15) is 0 Å². The largest absolute Gasteiger partial charge is 0.372 e. The van der Waals surface area contributed by atoms with Crippen LogP contribution >= 0.6 is 0 Å².